The van der Waals surface area contributed by atoms with Crippen LogP contribution in [-0.2, 0) is 9.53 Å². The Bertz CT molecular complexity index is 735. The molecule has 0 heterocycles. The van der Waals surface area contributed by atoms with E-state index in [0.717, 1.165) is 48.3 Å². The molecule has 4 aliphatic carbocycles. The predicted octanol–water partition coefficient (Wildman–Crippen LogP) is 8.35. The van der Waals surface area contributed by atoms with Crippen LogP contribution in [0.3, 0.4) is 0 Å². The predicted molar refractivity (Wildman–Crippen MR) is 133 cm³/mol. The van der Waals surface area contributed by atoms with Crippen molar-refractivity contribution < 1.29 is 9.53 Å². The first-order valence-corrected chi connectivity index (χ1v) is 14.0. The minimum atomic E-state index is -0.0976. The highest BCUT2D eigenvalue weighted by Gasteiger charge is 2.55. The van der Waals surface area contributed by atoms with Crippen molar-refractivity contribution in [1.82, 2.24) is 0 Å². The summed E-state index contributed by atoms with van der Waals surface area (Å²) in [4.78, 5) is 11.5. The van der Waals surface area contributed by atoms with Gasteiger partial charge >= 0.3 is 5.97 Å². The molecule has 182 valence electrons. The normalized spacial score (nSPS) is 41.0. The van der Waals surface area contributed by atoms with Gasteiger partial charge in [-0.05, 0) is 104 Å². The summed E-state index contributed by atoms with van der Waals surface area (Å²) in [7, 11) is 0. The largest absolute Gasteiger partial charge is 0.463 e. The molecule has 4 aliphatic rings. The lowest BCUT2D eigenvalue weighted by Gasteiger charge is -2.57. The smallest absolute Gasteiger partial charge is 0.302 e. The third-order valence-electron chi connectivity index (χ3n) is 11.3. The van der Waals surface area contributed by atoms with Crippen molar-refractivity contribution in [2.24, 2.45) is 46.3 Å². The molecule has 0 spiro atoms. The minimum Gasteiger partial charge on any atom is -0.463 e. The van der Waals surface area contributed by atoms with Crippen molar-refractivity contribution >= 4 is 5.97 Å². The molecule has 2 nitrogen and oxygen atoms in total. The second-order valence-corrected chi connectivity index (χ2v) is 13.2. The van der Waals surface area contributed by atoms with Gasteiger partial charge in [0, 0.05) is 6.92 Å². The Morgan fingerprint density at radius 2 is 1.75 bits per heavy atom. The number of carbonyl (C=O) groups excluding carboxylic acids is 1. The standard InChI is InChI=1S/C30H50O2/c1-19(2)20(3)8-9-21(4)26-12-13-27-25-11-10-23-18-24(32-22(5)31)14-16-29(23,6)28(25)15-17-30(26,27)7/h19-21,23-24,26,28H,8-18H2,1-7H3/t20-,21+,23-,24+,26+,28+,29-,30-/m0/s1. The van der Waals surface area contributed by atoms with E-state index in [4.69, 9.17) is 4.74 Å². The molecule has 2 heteroatoms. The van der Waals surface area contributed by atoms with Gasteiger partial charge in [-0.2, -0.15) is 0 Å². The van der Waals surface area contributed by atoms with Crippen LogP contribution in [0.25, 0.3) is 0 Å². The summed E-state index contributed by atoms with van der Waals surface area (Å²) >= 11 is 0. The van der Waals surface area contributed by atoms with Gasteiger partial charge in [-0.1, -0.05) is 65.5 Å². The molecule has 32 heavy (non-hydrogen) atoms. The fraction of sp³-hybridized carbons (Fsp3) is 0.900. The van der Waals surface area contributed by atoms with Crippen molar-refractivity contribution in [2.45, 2.75) is 125 Å². The molecule has 0 saturated heterocycles. The van der Waals surface area contributed by atoms with Crippen LogP contribution in [0.4, 0.5) is 0 Å². The van der Waals surface area contributed by atoms with E-state index >= 15 is 0 Å². The van der Waals surface area contributed by atoms with Gasteiger partial charge in [0.1, 0.15) is 6.10 Å². The lowest BCUT2D eigenvalue weighted by Crippen LogP contribution is -2.48. The Balaban J connectivity index is 1.50. The van der Waals surface area contributed by atoms with E-state index in [1.165, 1.54) is 57.8 Å². The third kappa shape index (κ3) is 4.22. The van der Waals surface area contributed by atoms with Gasteiger partial charge in [0.2, 0.25) is 0 Å². The van der Waals surface area contributed by atoms with Crippen LogP contribution in [0.15, 0.2) is 11.1 Å². The zero-order chi connectivity index (χ0) is 23.3. The minimum absolute atomic E-state index is 0.0976. The third-order valence-corrected chi connectivity index (χ3v) is 11.3. The van der Waals surface area contributed by atoms with Crippen LogP contribution in [0.2, 0.25) is 0 Å². The molecule has 8 atom stereocenters. The molecular weight excluding hydrogens is 392 g/mol. The van der Waals surface area contributed by atoms with Gasteiger partial charge in [-0.25, -0.2) is 0 Å². The number of hydrogen-bond acceptors (Lipinski definition) is 2. The fourth-order valence-corrected chi connectivity index (χ4v) is 8.80. The van der Waals surface area contributed by atoms with Gasteiger partial charge in [-0.15, -0.1) is 0 Å². The topological polar surface area (TPSA) is 26.3 Å². The molecule has 0 unspecified atom stereocenters. The van der Waals surface area contributed by atoms with Crippen LogP contribution in [-0.4, -0.2) is 12.1 Å². The Kier molecular flexibility index (Phi) is 6.92. The summed E-state index contributed by atoms with van der Waals surface area (Å²) in [5.41, 5.74) is 4.69. The molecule has 0 amide bonds. The average molecular weight is 443 g/mol. The van der Waals surface area contributed by atoms with Gasteiger partial charge in [-0.3, -0.25) is 4.79 Å². The maximum Gasteiger partial charge on any atom is 0.302 e. The Morgan fingerprint density at radius 1 is 1.00 bits per heavy atom. The second kappa shape index (κ2) is 9.10. The molecule has 0 N–H and O–H groups in total. The molecule has 0 aromatic heterocycles. The maximum absolute atomic E-state index is 11.5. The number of hydrogen-bond donors (Lipinski definition) is 0. The molecule has 0 bridgehead atoms. The van der Waals surface area contributed by atoms with Crippen molar-refractivity contribution in [1.29, 1.82) is 0 Å². The van der Waals surface area contributed by atoms with Crippen molar-refractivity contribution in [3.8, 4) is 0 Å². The first-order chi connectivity index (χ1) is 15.1. The first-order valence-electron chi connectivity index (χ1n) is 14.0. The summed E-state index contributed by atoms with van der Waals surface area (Å²) in [5, 5.41) is 0. The second-order valence-electron chi connectivity index (χ2n) is 13.2. The number of carbonyl (C=O) groups is 1. The quantitative estimate of drug-likeness (QED) is 0.305. The zero-order valence-electron chi connectivity index (χ0n) is 22.1. The molecular formula is C30H50O2. The SMILES string of the molecule is CC(=O)O[C@@H]1CC[C@@]2(C)[C@@H](CCC3=C4CC[C@H]([C@H](C)CC[C@H](C)C(C)C)[C@]4(C)CC[C@H]32)C1. The van der Waals surface area contributed by atoms with Crippen molar-refractivity contribution in [3.63, 3.8) is 0 Å². The summed E-state index contributed by atoms with van der Waals surface area (Å²) in [6.45, 7) is 16.6. The van der Waals surface area contributed by atoms with Crippen LogP contribution < -0.4 is 0 Å². The van der Waals surface area contributed by atoms with E-state index in [2.05, 4.69) is 41.5 Å². The Morgan fingerprint density at radius 3 is 2.44 bits per heavy atom. The summed E-state index contributed by atoms with van der Waals surface area (Å²) in [6, 6.07) is 0. The molecule has 3 saturated carbocycles. The van der Waals surface area contributed by atoms with Crippen LogP contribution in [0.1, 0.15) is 119 Å². The van der Waals surface area contributed by atoms with E-state index < -0.39 is 0 Å². The first kappa shape index (κ1) is 24.3. The molecule has 0 aromatic rings. The average Bonchev–Trinajstić information content (AvgIpc) is 3.08. The zero-order valence-corrected chi connectivity index (χ0v) is 22.1. The van der Waals surface area contributed by atoms with E-state index in [0.29, 0.717) is 10.8 Å². The van der Waals surface area contributed by atoms with Gasteiger partial charge in [0.05, 0.1) is 0 Å². The molecule has 0 radical (unpaired) electrons. The highest BCUT2D eigenvalue weighted by molar-refractivity contribution is 5.66. The van der Waals surface area contributed by atoms with Gasteiger partial charge in [0.15, 0.2) is 0 Å². The van der Waals surface area contributed by atoms with E-state index in [-0.39, 0.29) is 12.1 Å². The number of fused-ring (bicyclic) bond motifs is 4. The van der Waals surface area contributed by atoms with Gasteiger partial charge in [0.25, 0.3) is 0 Å². The summed E-state index contributed by atoms with van der Waals surface area (Å²) in [5.74, 6) is 4.81. The van der Waals surface area contributed by atoms with Crippen LogP contribution in [0.5, 0.6) is 0 Å². The summed E-state index contributed by atoms with van der Waals surface area (Å²) in [6.07, 6.45) is 14.6. The highest BCUT2D eigenvalue weighted by Crippen LogP contribution is 2.66. The number of ether oxygens (including phenoxy) is 1. The molecule has 0 aromatic carbocycles. The van der Waals surface area contributed by atoms with Crippen LogP contribution in [0, 0.1) is 46.3 Å². The van der Waals surface area contributed by atoms with Crippen molar-refractivity contribution in [3.05, 3.63) is 11.1 Å². The summed E-state index contributed by atoms with van der Waals surface area (Å²) < 4.78 is 5.65. The van der Waals surface area contributed by atoms with Gasteiger partial charge < -0.3 is 4.74 Å². The fourth-order valence-electron chi connectivity index (χ4n) is 8.80. The number of rotatable bonds is 6. The van der Waals surface area contributed by atoms with E-state index in [9.17, 15) is 4.79 Å². The Hall–Kier alpha value is -0.790. The monoisotopic (exact) mass is 442 g/mol. The Labute approximate surface area is 198 Å². The molecule has 0 aliphatic heterocycles. The number of allylic oxidation sites excluding steroid dienone is 2. The lowest BCUT2D eigenvalue weighted by atomic mass is 9.48. The van der Waals surface area contributed by atoms with E-state index in [1.54, 1.807) is 6.92 Å². The highest BCUT2D eigenvalue weighted by atomic mass is 16.5. The molecule has 3 fully saturated rings. The van der Waals surface area contributed by atoms with Crippen LogP contribution >= 0.6 is 0 Å². The lowest BCUT2D eigenvalue weighted by molar-refractivity contribution is -0.152. The van der Waals surface area contributed by atoms with E-state index in [1.807, 2.05) is 11.1 Å². The molecule has 4 rings (SSSR count). The number of esters is 1. The maximum atomic E-state index is 11.5. The van der Waals surface area contributed by atoms with Crippen molar-refractivity contribution in [2.75, 3.05) is 0 Å².